The van der Waals surface area contributed by atoms with Gasteiger partial charge in [0.15, 0.2) is 0 Å². The molecule has 5 nitrogen and oxygen atoms in total. The number of fused-ring (bicyclic) bond motifs is 1. The summed E-state index contributed by atoms with van der Waals surface area (Å²) in [6.07, 6.45) is 4.66. The number of nitrogens with zero attached hydrogens (tertiary/aromatic N) is 2. The largest absolute Gasteiger partial charge is 0.383 e. The molecule has 0 saturated heterocycles. The summed E-state index contributed by atoms with van der Waals surface area (Å²) in [5, 5.41) is 12.5. The summed E-state index contributed by atoms with van der Waals surface area (Å²) in [5.41, 5.74) is 10.9. The zero-order valence-corrected chi connectivity index (χ0v) is 16.8. The van der Waals surface area contributed by atoms with Gasteiger partial charge in [-0.2, -0.15) is 16.3 Å². The number of hydrogen-bond donors (Lipinski definition) is 3. The lowest BCUT2D eigenvalue weighted by Crippen LogP contribution is -2.38. The molecule has 2 heterocycles. The van der Waals surface area contributed by atoms with Crippen molar-refractivity contribution in [3.63, 3.8) is 0 Å². The number of anilines is 2. The van der Waals surface area contributed by atoms with Crippen LogP contribution >= 0.6 is 11.3 Å². The number of nitrogens with one attached hydrogen (secondary N) is 2. The van der Waals surface area contributed by atoms with E-state index in [1.165, 1.54) is 24.0 Å². The molecule has 3 aromatic rings. The molecule has 0 bridgehead atoms. The zero-order valence-electron chi connectivity index (χ0n) is 16.0. The van der Waals surface area contributed by atoms with Gasteiger partial charge in [-0.05, 0) is 79.1 Å². The summed E-state index contributed by atoms with van der Waals surface area (Å²) in [6.45, 7) is 5.11. The first-order valence-electron chi connectivity index (χ1n) is 9.64. The second-order valence-corrected chi connectivity index (χ2v) is 8.33. The number of hydrogen-bond acceptors (Lipinski definition) is 6. The third kappa shape index (κ3) is 4.06. The smallest absolute Gasteiger partial charge is 0.225 e. The van der Waals surface area contributed by atoms with Crippen molar-refractivity contribution in [3.8, 4) is 0 Å². The van der Waals surface area contributed by atoms with E-state index in [1.54, 1.807) is 11.3 Å². The molecule has 4 N–H and O–H groups in total. The minimum Gasteiger partial charge on any atom is -0.383 e. The highest BCUT2D eigenvalue weighted by Crippen LogP contribution is 2.27. The molecule has 0 radical (unpaired) electrons. The van der Waals surface area contributed by atoms with E-state index < -0.39 is 0 Å². The highest BCUT2D eigenvalue weighted by Gasteiger charge is 2.22. The monoisotopic (exact) mass is 381 g/mol. The Hall–Kier alpha value is -2.18. The van der Waals surface area contributed by atoms with E-state index in [0.717, 1.165) is 35.9 Å². The Balaban J connectivity index is 1.44. The van der Waals surface area contributed by atoms with Crippen molar-refractivity contribution < 1.29 is 0 Å². The topological polar surface area (TPSA) is 75.9 Å². The van der Waals surface area contributed by atoms with Gasteiger partial charge in [0.2, 0.25) is 5.95 Å². The molecule has 0 unspecified atom stereocenters. The molecule has 1 aliphatic carbocycles. The molecule has 0 amide bonds. The number of nitrogens with two attached hydrogens (primary N) is 1. The molecule has 6 heteroatoms. The highest BCUT2D eigenvalue weighted by molar-refractivity contribution is 7.07. The van der Waals surface area contributed by atoms with E-state index in [-0.39, 0.29) is 0 Å². The number of nitrogen functional groups attached to an aromatic ring is 1. The van der Waals surface area contributed by atoms with Crippen LogP contribution in [0.5, 0.6) is 0 Å². The van der Waals surface area contributed by atoms with Crippen molar-refractivity contribution in [2.45, 2.75) is 58.2 Å². The van der Waals surface area contributed by atoms with Crippen LogP contribution in [-0.4, -0.2) is 22.1 Å². The van der Waals surface area contributed by atoms with Crippen molar-refractivity contribution >= 4 is 34.0 Å². The van der Waals surface area contributed by atoms with Gasteiger partial charge in [0.25, 0.3) is 0 Å². The van der Waals surface area contributed by atoms with Crippen LogP contribution in [0.15, 0.2) is 29.0 Å². The van der Waals surface area contributed by atoms with Gasteiger partial charge in [-0.15, -0.1) is 0 Å². The molecule has 4 rings (SSSR count). The fraction of sp³-hybridized carbons (Fsp3) is 0.429. The maximum Gasteiger partial charge on any atom is 0.225 e. The molecule has 1 aromatic carbocycles. The van der Waals surface area contributed by atoms with Crippen LogP contribution < -0.4 is 16.4 Å². The zero-order chi connectivity index (χ0) is 18.8. The first kappa shape index (κ1) is 18.2. The van der Waals surface area contributed by atoms with Crippen LogP contribution in [-0.2, 0) is 6.54 Å². The van der Waals surface area contributed by atoms with Crippen molar-refractivity contribution in [1.29, 1.82) is 0 Å². The van der Waals surface area contributed by atoms with Gasteiger partial charge >= 0.3 is 0 Å². The van der Waals surface area contributed by atoms with Gasteiger partial charge in [-0.1, -0.05) is 6.07 Å². The number of aryl methyl sites for hydroxylation is 2. The lowest BCUT2D eigenvalue weighted by Gasteiger charge is -2.30. The predicted molar refractivity (Wildman–Crippen MR) is 114 cm³/mol. The van der Waals surface area contributed by atoms with Crippen molar-refractivity contribution in [1.82, 2.24) is 15.3 Å². The molecule has 2 aromatic heterocycles. The Morgan fingerprint density at radius 2 is 2.00 bits per heavy atom. The first-order chi connectivity index (χ1) is 13.1. The first-order valence-corrected chi connectivity index (χ1v) is 10.6. The Morgan fingerprint density at radius 3 is 2.81 bits per heavy atom. The fourth-order valence-corrected chi connectivity index (χ4v) is 4.60. The predicted octanol–water partition coefficient (Wildman–Crippen LogP) is 4.40. The minimum absolute atomic E-state index is 0.377. The maximum absolute atomic E-state index is 6.26. The Bertz CT molecular complexity index is 922. The summed E-state index contributed by atoms with van der Waals surface area (Å²) in [4.78, 5) is 9.27. The maximum atomic E-state index is 6.26. The molecule has 0 spiro atoms. The van der Waals surface area contributed by atoms with Crippen molar-refractivity contribution in [2.75, 3.05) is 11.1 Å². The van der Waals surface area contributed by atoms with Crippen LogP contribution in [0.3, 0.4) is 0 Å². The minimum atomic E-state index is 0.377. The molecule has 0 aliphatic heterocycles. The lowest BCUT2D eigenvalue weighted by molar-refractivity contribution is 0.350. The van der Waals surface area contributed by atoms with Crippen LogP contribution in [0.4, 0.5) is 11.8 Å². The third-order valence-corrected chi connectivity index (χ3v) is 6.34. The van der Waals surface area contributed by atoms with Crippen molar-refractivity contribution in [2.24, 2.45) is 0 Å². The van der Waals surface area contributed by atoms with E-state index >= 15 is 0 Å². The SMILES string of the molecule is Cc1ccc2nc(N[C@@H]3CCC[C@@H](NCc4ccsc4)C3)nc(N)c2c1C. The van der Waals surface area contributed by atoms with Gasteiger partial charge in [0, 0.05) is 24.0 Å². The van der Waals surface area contributed by atoms with E-state index in [9.17, 15) is 0 Å². The standard InChI is InChI=1S/C21H27N5S/c1-13-6-7-18-19(14(13)2)20(22)26-21(25-18)24-17-5-3-4-16(10-17)23-11-15-8-9-27-12-15/h6-9,12,16-17,23H,3-5,10-11H2,1-2H3,(H3,22,24,25,26)/t16-,17-/m1/s1. The second-order valence-electron chi connectivity index (χ2n) is 7.55. The quantitative estimate of drug-likeness (QED) is 0.610. The highest BCUT2D eigenvalue weighted by atomic mass is 32.1. The third-order valence-electron chi connectivity index (χ3n) is 5.61. The second kappa shape index (κ2) is 7.82. The van der Waals surface area contributed by atoms with Gasteiger partial charge in [0.1, 0.15) is 5.82 Å². The summed E-state index contributed by atoms with van der Waals surface area (Å²) in [7, 11) is 0. The van der Waals surface area contributed by atoms with Crippen LogP contribution in [0.2, 0.25) is 0 Å². The molecule has 1 aliphatic rings. The van der Waals surface area contributed by atoms with Crippen LogP contribution in [0, 0.1) is 13.8 Å². The molecular formula is C21H27N5S. The fourth-order valence-electron chi connectivity index (χ4n) is 3.94. The van der Waals surface area contributed by atoms with E-state index in [2.05, 4.69) is 52.4 Å². The van der Waals surface area contributed by atoms with Crippen LogP contribution in [0.25, 0.3) is 10.9 Å². The Labute approximate surface area is 164 Å². The Kier molecular flexibility index (Phi) is 5.27. The van der Waals surface area contributed by atoms with E-state index in [1.807, 2.05) is 6.07 Å². The number of aromatic nitrogens is 2. The molecular weight excluding hydrogens is 354 g/mol. The lowest BCUT2D eigenvalue weighted by atomic mass is 9.91. The van der Waals surface area contributed by atoms with Gasteiger partial charge < -0.3 is 16.4 Å². The van der Waals surface area contributed by atoms with Crippen LogP contribution in [0.1, 0.15) is 42.4 Å². The average molecular weight is 382 g/mol. The summed E-state index contributed by atoms with van der Waals surface area (Å²) in [6, 6.07) is 7.22. The van der Waals surface area contributed by atoms with Crippen molar-refractivity contribution in [3.05, 3.63) is 45.6 Å². The molecule has 2 atom stereocenters. The average Bonchev–Trinajstić information content (AvgIpc) is 3.17. The normalized spacial score (nSPS) is 20.1. The summed E-state index contributed by atoms with van der Waals surface area (Å²) < 4.78 is 0. The van der Waals surface area contributed by atoms with Gasteiger partial charge in [0.05, 0.1) is 5.52 Å². The molecule has 1 saturated carbocycles. The summed E-state index contributed by atoms with van der Waals surface area (Å²) >= 11 is 1.75. The van der Waals surface area contributed by atoms with E-state index in [4.69, 9.17) is 10.7 Å². The van der Waals surface area contributed by atoms with Gasteiger partial charge in [-0.25, -0.2) is 4.98 Å². The summed E-state index contributed by atoms with van der Waals surface area (Å²) in [5.74, 6) is 1.21. The van der Waals surface area contributed by atoms with Gasteiger partial charge in [-0.3, -0.25) is 0 Å². The number of thiophene rings is 1. The number of rotatable bonds is 5. The molecule has 1 fully saturated rings. The van der Waals surface area contributed by atoms with E-state index in [0.29, 0.717) is 23.8 Å². The Morgan fingerprint density at radius 1 is 1.15 bits per heavy atom. The number of benzene rings is 1. The molecule has 27 heavy (non-hydrogen) atoms. The molecule has 142 valence electrons.